The first-order valence-corrected chi connectivity index (χ1v) is 6.60. The lowest BCUT2D eigenvalue weighted by molar-refractivity contribution is 0.589. The molecule has 2 aromatic rings. The maximum atomic E-state index is 4.35. The Balaban J connectivity index is 2.08. The van der Waals surface area contributed by atoms with Crippen LogP contribution in [0.3, 0.4) is 0 Å². The van der Waals surface area contributed by atoms with E-state index >= 15 is 0 Å². The molecule has 0 saturated heterocycles. The monoisotopic (exact) mass is 253 g/mol. The van der Waals surface area contributed by atoms with Crippen LogP contribution in [-0.4, -0.2) is 12.0 Å². The van der Waals surface area contributed by atoms with Gasteiger partial charge >= 0.3 is 0 Å². The van der Waals surface area contributed by atoms with Crippen molar-refractivity contribution in [1.82, 2.24) is 4.98 Å². The second-order valence-corrected chi connectivity index (χ2v) is 5.90. The second kappa shape index (κ2) is 5.43. The molecule has 0 unspecified atom stereocenters. The van der Waals surface area contributed by atoms with E-state index in [1.165, 1.54) is 11.1 Å². The molecule has 0 atom stereocenters. The predicted molar refractivity (Wildman–Crippen MR) is 80.3 cm³/mol. The van der Waals surface area contributed by atoms with Crippen LogP contribution < -0.4 is 4.90 Å². The number of rotatable bonds is 3. The largest absolute Gasteiger partial charge is 0.355 e. The molecule has 99 valence electrons. The van der Waals surface area contributed by atoms with Crippen molar-refractivity contribution < 1.29 is 0 Å². The van der Waals surface area contributed by atoms with Gasteiger partial charge in [0.1, 0.15) is 5.82 Å². The molecule has 2 rings (SSSR count). The van der Waals surface area contributed by atoms with Crippen molar-refractivity contribution in [1.29, 1.82) is 0 Å². The summed E-state index contributed by atoms with van der Waals surface area (Å²) in [6.45, 7) is 7.47. The highest BCUT2D eigenvalue weighted by atomic mass is 15.2. The van der Waals surface area contributed by atoms with E-state index in [1.54, 1.807) is 0 Å². The van der Waals surface area contributed by atoms with Gasteiger partial charge in [-0.2, -0.15) is 0 Å². The summed E-state index contributed by atoms with van der Waals surface area (Å²) in [5, 5.41) is 0. The first-order chi connectivity index (χ1) is 8.97. The van der Waals surface area contributed by atoms with Gasteiger partial charge in [-0.25, -0.2) is 4.98 Å². The van der Waals surface area contributed by atoms with E-state index < -0.39 is 0 Å². The van der Waals surface area contributed by atoms with Crippen LogP contribution in [-0.2, 0) is 12.0 Å². The summed E-state index contributed by atoms with van der Waals surface area (Å²) in [6.07, 6.45) is 1.82. The van der Waals surface area contributed by atoms with Gasteiger partial charge in [0.25, 0.3) is 0 Å². The molecule has 1 aromatic carbocycles. The molecule has 0 aliphatic rings. The predicted octanol–water partition coefficient (Wildman–Crippen LogP) is 3.82. The van der Waals surface area contributed by atoms with Gasteiger partial charge in [-0.05, 0) is 40.8 Å². The smallest absolute Gasteiger partial charge is 0.128 e. The van der Waals surface area contributed by atoms with Crippen LogP contribution in [0, 0.1) is 6.07 Å². The Morgan fingerprint density at radius 2 is 1.95 bits per heavy atom. The number of nitrogens with zero attached hydrogens (tertiary/aromatic N) is 2. The lowest BCUT2D eigenvalue weighted by atomic mass is 9.87. The molecule has 19 heavy (non-hydrogen) atoms. The van der Waals surface area contributed by atoms with E-state index in [4.69, 9.17) is 0 Å². The molecule has 0 aliphatic heterocycles. The minimum atomic E-state index is 0.158. The molecule has 1 aromatic heterocycles. The molecular formula is C17H21N2. The van der Waals surface area contributed by atoms with Crippen molar-refractivity contribution in [3.05, 3.63) is 59.8 Å². The van der Waals surface area contributed by atoms with Crippen LogP contribution >= 0.6 is 0 Å². The first-order valence-electron chi connectivity index (χ1n) is 6.60. The quantitative estimate of drug-likeness (QED) is 0.826. The Hall–Kier alpha value is -1.83. The van der Waals surface area contributed by atoms with Gasteiger partial charge in [0.05, 0.1) is 0 Å². The minimum absolute atomic E-state index is 0.158. The Labute approximate surface area is 116 Å². The molecule has 0 amide bonds. The van der Waals surface area contributed by atoms with Gasteiger partial charge in [-0.15, -0.1) is 0 Å². The number of hydrogen-bond donors (Lipinski definition) is 0. The zero-order valence-electron chi connectivity index (χ0n) is 12.1. The van der Waals surface area contributed by atoms with E-state index in [9.17, 15) is 0 Å². The van der Waals surface area contributed by atoms with Crippen molar-refractivity contribution in [3.8, 4) is 0 Å². The van der Waals surface area contributed by atoms with Gasteiger partial charge in [0, 0.05) is 19.8 Å². The van der Waals surface area contributed by atoms with Crippen LogP contribution in [0.5, 0.6) is 0 Å². The van der Waals surface area contributed by atoms with Gasteiger partial charge in [-0.1, -0.05) is 39.0 Å². The third-order valence-corrected chi connectivity index (χ3v) is 3.15. The molecule has 0 aliphatic carbocycles. The minimum Gasteiger partial charge on any atom is -0.355 e. The first kappa shape index (κ1) is 13.6. The van der Waals surface area contributed by atoms with Crippen molar-refractivity contribution in [2.24, 2.45) is 0 Å². The third kappa shape index (κ3) is 3.57. The Bertz CT molecular complexity index is 509. The average Bonchev–Trinajstić information content (AvgIpc) is 2.39. The molecular weight excluding hydrogens is 232 g/mol. The van der Waals surface area contributed by atoms with E-state index in [0.717, 1.165) is 12.4 Å². The number of anilines is 1. The number of pyridine rings is 1. The fourth-order valence-corrected chi connectivity index (χ4v) is 1.96. The Morgan fingerprint density at radius 3 is 2.47 bits per heavy atom. The zero-order valence-corrected chi connectivity index (χ0v) is 12.1. The summed E-state index contributed by atoms with van der Waals surface area (Å²) < 4.78 is 0. The topological polar surface area (TPSA) is 16.1 Å². The molecule has 2 nitrogen and oxygen atoms in total. The molecule has 2 heteroatoms. The summed E-state index contributed by atoms with van der Waals surface area (Å²) in [4.78, 5) is 6.49. The van der Waals surface area contributed by atoms with Gasteiger partial charge in [-0.3, -0.25) is 0 Å². The number of hydrogen-bond acceptors (Lipinski definition) is 2. The van der Waals surface area contributed by atoms with Gasteiger partial charge < -0.3 is 4.90 Å². The average molecular weight is 253 g/mol. The maximum absolute atomic E-state index is 4.35. The molecule has 1 radical (unpaired) electrons. The third-order valence-electron chi connectivity index (χ3n) is 3.15. The molecule has 0 saturated carbocycles. The highest BCUT2D eigenvalue weighted by Crippen LogP contribution is 2.22. The normalized spacial score (nSPS) is 11.4. The fourth-order valence-electron chi connectivity index (χ4n) is 1.96. The molecule has 1 heterocycles. The van der Waals surface area contributed by atoms with Crippen molar-refractivity contribution in [2.75, 3.05) is 11.9 Å². The van der Waals surface area contributed by atoms with Crippen LogP contribution in [0.15, 0.2) is 42.6 Å². The van der Waals surface area contributed by atoms with E-state index in [2.05, 4.69) is 62.0 Å². The molecule has 0 bridgehead atoms. The summed E-state index contributed by atoms with van der Waals surface area (Å²) in [6, 6.07) is 15.8. The lowest BCUT2D eigenvalue weighted by Crippen LogP contribution is -2.18. The van der Waals surface area contributed by atoms with Crippen LogP contribution in [0.2, 0.25) is 0 Å². The lowest BCUT2D eigenvalue weighted by Gasteiger charge is -2.21. The zero-order chi connectivity index (χ0) is 13.9. The van der Waals surface area contributed by atoms with Gasteiger partial charge in [0.2, 0.25) is 0 Å². The summed E-state index contributed by atoms with van der Waals surface area (Å²) >= 11 is 0. The van der Waals surface area contributed by atoms with Crippen molar-refractivity contribution in [2.45, 2.75) is 32.7 Å². The van der Waals surface area contributed by atoms with Crippen LogP contribution in [0.1, 0.15) is 31.9 Å². The second-order valence-electron chi connectivity index (χ2n) is 5.90. The highest BCUT2D eigenvalue weighted by Gasteiger charge is 2.13. The standard InChI is InChI=1S/C17H21N2/c1-17(2,3)15-10-8-14(9-11-15)13-19(4)16-7-5-6-12-18-16/h5-10,12H,13H2,1-4H3. The van der Waals surface area contributed by atoms with Gasteiger partial charge in [0.15, 0.2) is 0 Å². The highest BCUT2D eigenvalue weighted by molar-refractivity contribution is 5.38. The summed E-state index contributed by atoms with van der Waals surface area (Å²) in [5.41, 5.74) is 2.66. The summed E-state index contributed by atoms with van der Waals surface area (Å²) in [5.74, 6) is 0.988. The molecule has 0 fully saturated rings. The fraction of sp³-hybridized carbons (Fsp3) is 0.353. The van der Waals surface area contributed by atoms with Crippen LogP contribution in [0.4, 0.5) is 5.82 Å². The van der Waals surface area contributed by atoms with E-state index in [1.807, 2.05) is 24.4 Å². The molecule has 0 N–H and O–H groups in total. The molecule has 0 spiro atoms. The van der Waals surface area contributed by atoms with Crippen molar-refractivity contribution in [3.63, 3.8) is 0 Å². The van der Waals surface area contributed by atoms with E-state index in [0.29, 0.717) is 0 Å². The SMILES string of the molecule is CN(Cc1c[c]c(C(C)(C)C)cc1)c1ccccn1. The summed E-state index contributed by atoms with van der Waals surface area (Å²) in [7, 11) is 2.06. The van der Waals surface area contributed by atoms with Crippen molar-refractivity contribution >= 4 is 5.82 Å². The Morgan fingerprint density at radius 1 is 1.16 bits per heavy atom. The van der Waals surface area contributed by atoms with Crippen LogP contribution in [0.25, 0.3) is 0 Å². The van der Waals surface area contributed by atoms with E-state index in [-0.39, 0.29) is 5.41 Å². The maximum Gasteiger partial charge on any atom is 0.128 e. The Kier molecular flexibility index (Phi) is 3.89. The number of benzene rings is 1. The number of aromatic nitrogens is 1.